The highest BCUT2D eigenvalue weighted by Crippen LogP contribution is 2.34. The number of hydrogen-bond donors (Lipinski definition) is 1. The van der Waals surface area contributed by atoms with Crippen LogP contribution < -0.4 is 5.32 Å². The molecule has 112 valence electrons. The second kappa shape index (κ2) is 6.23. The van der Waals surface area contributed by atoms with Crippen molar-refractivity contribution in [3.8, 4) is 0 Å². The third-order valence-electron chi connectivity index (χ3n) is 4.07. The van der Waals surface area contributed by atoms with Crippen LogP contribution in [0.15, 0.2) is 5.38 Å². The average Bonchev–Trinajstić information content (AvgIpc) is 3.12. The molecule has 1 atom stereocenters. The van der Waals surface area contributed by atoms with Crippen LogP contribution in [-0.2, 0) is 19.3 Å². The van der Waals surface area contributed by atoms with Gasteiger partial charge in [-0.05, 0) is 37.2 Å². The van der Waals surface area contributed by atoms with Crippen LogP contribution in [0.2, 0.25) is 0 Å². The Morgan fingerprint density at radius 3 is 3.00 bits per heavy atom. The van der Waals surface area contributed by atoms with Gasteiger partial charge in [0.1, 0.15) is 5.01 Å². The Morgan fingerprint density at radius 2 is 2.29 bits per heavy atom. The molecule has 0 fully saturated rings. The first-order valence-electron chi connectivity index (χ1n) is 7.44. The largest absolute Gasteiger partial charge is 0.296 e. The number of aryl methyl sites for hydroxylation is 1. The number of aromatic nitrogens is 2. The third-order valence-corrected chi connectivity index (χ3v) is 6.10. The Bertz CT molecular complexity index is 647. The molecule has 1 amide bonds. The van der Waals surface area contributed by atoms with Crippen LogP contribution in [0, 0.1) is 5.92 Å². The van der Waals surface area contributed by atoms with E-state index in [2.05, 4.69) is 22.4 Å². The topological polar surface area (TPSA) is 54.9 Å². The maximum atomic E-state index is 12.4. The molecule has 0 aliphatic heterocycles. The van der Waals surface area contributed by atoms with Gasteiger partial charge in [-0.2, -0.15) is 0 Å². The molecule has 0 aromatic carbocycles. The summed E-state index contributed by atoms with van der Waals surface area (Å²) in [7, 11) is 0. The van der Waals surface area contributed by atoms with Crippen LogP contribution in [-0.4, -0.2) is 16.1 Å². The Labute approximate surface area is 132 Å². The van der Waals surface area contributed by atoms with Gasteiger partial charge < -0.3 is 0 Å². The van der Waals surface area contributed by atoms with Gasteiger partial charge in [-0.3, -0.25) is 10.1 Å². The van der Waals surface area contributed by atoms with Crippen molar-refractivity contribution in [3.05, 3.63) is 26.4 Å². The van der Waals surface area contributed by atoms with E-state index in [9.17, 15) is 4.79 Å². The number of anilines is 1. The average molecular weight is 321 g/mol. The Kier molecular flexibility index (Phi) is 4.35. The van der Waals surface area contributed by atoms with E-state index < -0.39 is 0 Å². The highest BCUT2D eigenvalue weighted by Gasteiger charge is 2.24. The quantitative estimate of drug-likeness (QED) is 0.928. The second-order valence-electron chi connectivity index (χ2n) is 5.38. The number of thiophene rings is 1. The fourth-order valence-corrected chi connectivity index (χ4v) is 4.60. The van der Waals surface area contributed by atoms with Crippen molar-refractivity contribution in [1.29, 1.82) is 0 Å². The van der Waals surface area contributed by atoms with Crippen LogP contribution >= 0.6 is 22.7 Å². The molecule has 3 rings (SSSR count). The van der Waals surface area contributed by atoms with Crippen LogP contribution in [0.25, 0.3) is 0 Å². The summed E-state index contributed by atoms with van der Waals surface area (Å²) in [6.07, 6.45) is 5.42. The summed E-state index contributed by atoms with van der Waals surface area (Å²) < 4.78 is 0. The van der Waals surface area contributed by atoms with Gasteiger partial charge in [-0.1, -0.05) is 31.6 Å². The van der Waals surface area contributed by atoms with Crippen molar-refractivity contribution in [3.63, 3.8) is 0 Å². The molecule has 1 N–H and O–H groups in total. The van der Waals surface area contributed by atoms with Crippen molar-refractivity contribution in [1.82, 2.24) is 10.2 Å². The number of carbonyl (C=O) groups is 1. The minimum Gasteiger partial charge on any atom is -0.296 e. The summed E-state index contributed by atoms with van der Waals surface area (Å²) >= 11 is 3.18. The van der Waals surface area contributed by atoms with Gasteiger partial charge in [0.05, 0.1) is 5.56 Å². The summed E-state index contributed by atoms with van der Waals surface area (Å²) in [5, 5.41) is 14.5. The minimum absolute atomic E-state index is 0.0405. The maximum Gasteiger partial charge on any atom is 0.258 e. The van der Waals surface area contributed by atoms with Gasteiger partial charge in [-0.25, -0.2) is 0 Å². The first-order valence-corrected chi connectivity index (χ1v) is 9.13. The fraction of sp³-hybridized carbons (Fsp3) is 0.533. The van der Waals surface area contributed by atoms with Crippen molar-refractivity contribution >= 4 is 33.7 Å². The Morgan fingerprint density at radius 1 is 1.43 bits per heavy atom. The lowest BCUT2D eigenvalue weighted by molar-refractivity contribution is 0.102. The number of nitrogens with zero attached hydrogens (tertiary/aromatic N) is 2. The monoisotopic (exact) mass is 321 g/mol. The van der Waals surface area contributed by atoms with E-state index >= 15 is 0 Å². The molecular weight excluding hydrogens is 302 g/mol. The predicted octanol–water partition coefficient (Wildman–Crippen LogP) is 3.93. The van der Waals surface area contributed by atoms with Crippen molar-refractivity contribution in [2.75, 3.05) is 5.32 Å². The predicted molar refractivity (Wildman–Crippen MR) is 87.4 cm³/mol. The highest BCUT2D eigenvalue weighted by molar-refractivity contribution is 7.15. The van der Waals surface area contributed by atoms with Crippen LogP contribution in [0.5, 0.6) is 0 Å². The second-order valence-corrected chi connectivity index (χ2v) is 7.40. The molecule has 2 heterocycles. The molecule has 0 saturated heterocycles. The molecule has 1 aliphatic carbocycles. The molecule has 0 bridgehead atoms. The lowest BCUT2D eigenvalue weighted by Crippen LogP contribution is -2.17. The molecule has 4 nitrogen and oxygen atoms in total. The fourth-order valence-electron chi connectivity index (χ4n) is 2.73. The standard InChI is InChI=1S/C15H19N3OS2/c1-3-9-5-6-10-11(8-20-12(10)7-9)14(19)16-15-18-17-13(4-2)21-15/h8-9H,3-7H2,1-2H3,(H,16,18,19)/t9-/m0/s1. The summed E-state index contributed by atoms with van der Waals surface area (Å²) in [4.78, 5) is 13.8. The van der Waals surface area contributed by atoms with Crippen LogP contribution in [0.3, 0.4) is 0 Å². The molecule has 2 aromatic rings. The SMILES string of the molecule is CCc1nnc(NC(=O)c2csc3c2CC[C@H](CC)C3)s1. The number of rotatable bonds is 4. The number of amides is 1. The molecule has 6 heteroatoms. The Balaban J connectivity index is 1.75. The zero-order valence-electron chi connectivity index (χ0n) is 12.3. The van der Waals surface area contributed by atoms with E-state index in [-0.39, 0.29) is 5.91 Å². The zero-order valence-corrected chi connectivity index (χ0v) is 13.9. The molecular formula is C15H19N3OS2. The zero-order chi connectivity index (χ0) is 14.8. The molecule has 0 saturated carbocycles. The van der Waals surface area contributed by atoms with Crippen molar-refractivity contribution < 1.29 is 4.79 Å². The summed E-state index contributed by atoms with van der Waals surface area (Å²) in [5.74, 6) is 0.739. The van der Waals surface area contributed by atoms with Gasteiger partial charge in [0.2, 0.25) is 5.13 Å². The van der Waals surface area contributed by atoms with Crippen LogP contribution in [0.1, 0.15) is 52.5 Å². The Hall–Kier alpha value is -1.27. The van der Waals surface area contributed by atoms with Gasteiger partial charge in [-0.15, -0.1) is 21.5 Å². The molecule has 1 aliphatic rings. The van der Waals surface area contributed by atoms with E-state index in [0.717, 1.165) is 35.8 Å². The minimum atomic E-state index is -0.0405. The number of fused-ring (bicyclic) bond motifs is 1. The molecule has 0 radical (unpaired) electrons. The maximum absolute atomic E-state index is 12.4. The van der Waals surface area contributed by atoms with Crippen molar-refractivity contribution in [2.24, 2.45) is 5.92 Å². The smallest absolute Gasteiger partial charge is 0.258 e. The first-order chi connectivity index (χ1) is 10.2. The van der Waals surface area contributed by atoms with E-state index in [0.29, 0.717) is 5.13 Å². The lowest BCUT2D eigenvalue weighted by atomic mass is 9.86. The number of carbonyl (C=O) groups excluding carboxylic acids is 1. The van der Waals surface area contributed by atoms with E-state index in [1.807, 2.05) is 12.3 Å². The lowest BCUT2D eigenvalue weighted by Gasteiger charge is -2.21. The normalized spacial score (nSPS) is 17.5. The highest BCUT2D eigenvalue weighted by atomic mass is 32.1. The molecule has 2 aromatic heterocycles. The van der Waals surface area contributed by atoms with Gasteiger partial charge in [0.25, 0.3) is 5.91 Å². The summed E-state index contributed by atoms with van der Waals surface area (Å²) in [5.41, 5.74) is 2.08. The van der Waals surface area contributed by atoms with Gasteiger partial charge in [0, 0.05) is 10.3 Å². The van der Waals surface area contributed by atoms with Gasteiger partial charge in [0.15, 0.2) is 0 Å². The van der Waals surface area contributed by atoms with E-state index in [4.69, 9.17) is 0 Å². The van der Waals surface area contributed by atoms with Gasteiger partial charge >= 0.3 is 0 Å². The molecule has 21 heavy (non-hydrogen) atoms. The summed E-state index contributed by atoms with van der Waals surface area (Å²) in [6, 6.07) is 0. The molecule has 0 spiro atoms. The first kappa shape index (κ1) is 14.7. The third kappa shape index (κ3) is 3.01. The molecule has 0 unspecified atom stereocenters. The van der Waals surface area contributed by atoms with Crippen LogP contribution in [0.4, 0.5) is 5.13 Å². The van der Waals surface area contributed by atoms with Crippen molar-refractivity contribution in [2.45, 2.75) is 46.0 Å². The number of nitrogens with one attached hydrogen (secondary N) is 1. The number of hydrogen-bond acceptors (Lipinski definition) is 5. The summed E-state index contributed by atoms with van der Waals surface area (Å²) in [6.45, 7) is 4.28. The van der Waals surface area contributed by atoms with E-state index in [1.54, 1.807) is 11.3 Å². The van der Waals surface area contributed by atoms with E-state index in [1.165, 1.54) is 34.6 Å².